The molecule has 2 aliphatic heterocycles. The minimum Gasteiger partial charge on any atom is -0.462 e. The van der Waals surface area contributed by atoms with E-state index in [1.54, 1.807) is 0 Å². The highest BCUT2D eigenvalue weighted by atomic mass is 32.2. The third-order valence-electron chi connectivity index (χ3n) is 11.9. The maximum atomic E-state index is 12.8. The van der Waals surface area contributed by atoms with Crippen molar-refractivity contribution in [2.45, 2.75) is 243 Å². The van der Waals surface area contributed by atoms with Gasteiger partial charge in [0.2, 0.25) is 5.91 Å². The highest BCUT2D eigenvalue weighted by Crippen LogP contribution is 2.43. The SMILES string of the molecule is CCCCCCCCCCCCCCCC(=O)OCC(COP(=O)(O)OCCNC(=O)CCCCC1SCC2NC(=O)NC21)OC(=O)CCCCCCCCCCCCCCC. The summed E-state index contributed by atoms with van der Waals surface area (Å²) in [5.41, 5.74) is 0. The second-order valence-corrected chi connectivity index (χ2v) is 20.3. The Hall–Kier alpha value is -1.86. The summed E-state index contributed by atoms with van der Waals surface area (Å²) < 4.78 is 34.0. The number of ether oxygens (including phenoxy) is 2. The van der Waals surface area contributed by atoms with E-state index >= 15 is 0 Å². The van der Waals surface area contributed by atoms with Crippen molar-refractivity contribution < 1.29 is 47.2 Å². The predicted molar refractivity (Wildman–Crippen MR) is 250 cm³/mol. The molecular formula is C47H88N3O10PS. The number of hydrogen-bond donors (Lipinski definition) is 4. The number of fused-ring (bicyclic) bond motifs is 1. The molecule has 5 unspecified atom stereocenters. The summed E-state index contributed by atoms with van der Waals surface area (Å²) in [5, 5.41) is 8.94. The number of urea groups is 1. The van der Waals surface area contributed by atoms with E-state index in [2.05, 4.69) is 29.8 Å². The molecule has 3 amide bonds. The highest BCUT2D eigenvalue weighted by molar-refractivity contribution is 8.00. The fraction of sp³-hybridized carbons (Fsp3) is 0.915. The molecule has 5 atom stereocenters. The molecule has 2 saturated heterocycles. The Morgan fingerprint density at radius 2 is 1.15 bits per heavy atom. The molecule has 13 nitrogen and oxygen atoms in total. The van der Waals surface area contributed by atoms with Gasteiger partial charge in [0.05, 0.1) is 25.3 Å². The van der Waals surface area contributed by atoms with Gasteiger partial charge in [0.15, 0.2) is 6.10 Å². The second-order valence-electron chi connectivity index (χ2n) is 17.6. The van der Waals surface area contributed by atoms with Crippen LogP contribution in [0.4, 0.5) is 4.79 Å². The van der Waals surface area contributed by atoms with Crippen LogP contribution in [0.3, 0.4) is 0 Å². The number of carbonyl (C=O) groups excluding carboxylic acids is 4. The van der Waals surface area contributed by atoms with Gasteiger partial charge in [-0.05, 0) is 25.7 Å². The molecule has 0 aromatic heterocycles. The molecule has 62 heavy (non-hydrogen) atoms. The number of phosphoric ester groups is 1. The van der Waals surface area contributed by atoms with Crippen LogP contribution in [0.25, 0.3) is 0 Å². The number of hydrogen-bond acceptors (Lipinski definition) is 10. The number of rotatable bonds is 43. The minimum atomic E-state index is -4.56. The van der Waals surface area contributed by atoms with Crippen LogP contribution in [-0.4, -0.2) is 84.3 Å². The molecular weight excluding hydrogens is 830 g/mol. The van der Waals surface area contributed by atoms with Crippen LogP contribution in [-0.2, 0) is 37.5 Å². The Morgan fingerprint density at radius 3 is 1.68 bits per heavy atom. The van der Waals surface area contributed by atoms with E-state index in [-0.39, 0.29) is 56.6 Å². The second kappa shape index (κ2) is 37.4. The molecule has 0 aromatic carbocycles. The lowest BCUT2D eigenvalue weighted by atomic mass is 10.0. The lowest BCUT2D eigenvalue weighted by Gasteiger charge is -2.20. The van der Waals surface area contributed by atoms with Crippen molar-refractivity contribution in [3.63, 3.8) is 0 Å². The van der Waals surface area contributed by atoms with Crippen molar-refractivity contribution >= 4 is 43.5 Å². The van der Waals surface area contributed by atoms with E-state index in [4.69, 9.17) is 18.5 Å². The zero-order valence-electron chi connectivity index (χ0n) is 38.9. The Bertz CT molecular complexity index is 1230. The lowest BCUT2D eigenvalue weighted by Crippen LogP contribution is -2.36. The molecule has 362 valence electrons. The maximum absolute atomic E-state index is 12.8. The van der Waals surface area contributed by atoms with E-state index in [0.29, 0.717) is 30.9 Å². The Morgan fingerprint density at radius 1 is 0.661 bits per heavy atom. The highest BCUT2D eigenvalue weighted by Gasteiger charge is 2.42. The largest absolute Gasteiger partial charge is 0.472 e. The molecule has 2 aliphatic rings. The average Bonchev–Trinajstić information content (AvgIpc) is 3.81. The van der Waals surface area contributed by atoms with Crippen molar-refractivity contribution in [2.24, 2.45) is 0 Å². The van der Waals surface area contributed by atoms with E-state index in [1.165, 1.54) is 116 Å². The maximum Gasteiger partial charge on any atom is 0.472 e. The molecule has 4 N–H and O–H groups in total. The molecule has 0 aliphatic carbocycles. The van der Waals surface area contributed by atoms with Crippen LogP contribution < -0.4 is 16.0 Å². The smallest absolute Gasteiger partial charge is 0.462 e. The summed E-state index contributed by atoms with van der Waals surface area (Å²) in [6.45, 7) is 3.47. The van der Waals surface area contributed by atoms with Gasteiger partial charge in [0.1, 0.15) is 6.61 Å². The first-order valence-corrected chi connectivity index (χ1v) is 27.6. The Balaban J connectivity index is 1.64. The monoisotopic (exact) mass is 918 g/mol. The van der Waals surface area contributed by atoms with Crippen LogP contribution >= 0.6 is 19.6 Å². The molecule has 2 fully saturated rings. The molecule has 2 heterocycles. The topological polar surface area (TPSA) is 179 Å². The number of nitrogens with one attached hydrogen (secondary N) is 3. The van der Waals surface area contributed by atoms with Crippen LogP contribution in [0, 0.1) is 0 Å². The van der Waals surface area contributed by atoms with E-state index < -0.39 is 32.5 Å². The first-order valence-electron chi connectivity index (χ1n) is 25.1. The van der Waals surface area contributed by atoms with Gasteiger partial charge < -0.3 is 30.3 Å². The lowest BCUT2D eigenvalue weighted by molar-refractivity contribution is -0.161. The zero-order chi connectivity index (χ0) is 44.9. The summed E-state index contributed by atoms with van der Waals surface area (Å²) in [6.07, 6.45) is 33.3. The van der Waals surface area contributed by atoms with Crippen molar-refractivity contribution in [3.8, 4) is 0 Å². The first kappa shape index (κ1) is 56.3. The van der Waals surface area contributed by atoms with Crippen molar-refractivity contribution in [2.75, 3.05) is 32.1 Å². The summed E-state index contributed by atoms with van der Waals surface area (Å²) in [5.74, 6) is -0.175. The van der Waals surface area contributed by atoms with Gasteiger partial charge in [0, 0.05) is 36.8 Å². The van der Waals surface area contributed by atoms with Gasteiger partial charge in [-0.3, -0.25) is 23.4 Å². The van der Waals surface area contributed by atoms with Gasteiger partial charge in [0.25, 0.3) is 0 Å². The van der Waals surface area contributed by atoms with Crippen molar-refractivity contribution in [3.05, 3.63) is 0 Å². The number of carbonyl (C=O) groups is 4. The fourth-order valence-electron chi connectivity index (χ4n) is 8.12. The van der Waals surface area contributed by atoms with Crippen molar-refractivity contribution in [1.82, 2.24) is 16.0 Å². The van der Waals surface area contributed by atoms with Crippen molar-refractivity contribution in [1.29, 1.82) is 0 Å². The predicted octanol–water partition coefficient (Wildman–Crippen LogP) is 11.4. The van der Waals surface area contributed by atoms with Gasteiger partial charge in [-0.1, -0.05) is 174 Å². The Labute approximate surface area is 380 Å². The summed E-state index contributed by atoms with van der Waals surface area (Å²) in [4.78, 5) is 59.6. The minimum absolute atomic E-state index is 0.0149. The van der Waals surface area contributed by atoms with Crippen LogP contribution in [0.1, 0.15) is 219 Å². The standard InChI is InChI=1S/C47H88N3O10PS/c1-3-5-7-9-11-13-15-17-19-21-23-25-27-33-44(52)57-37-40(60-45(53)34-28-26-24-22-20-18-16-14-12-10-8-6-4-2)38-59-61(55,56)58-36-35-48-43(51)32-30-29-31-42-46-41(39-62-42)49-47(54)50-46/h40-42,46H,3-39H2,1-2H3,(H,48,51)(H,55,56)(H2,49,50,54). The van der Waals surface area contributed by atoms with E-state index in [1.807, 2.05) is 11.8 Å². The average molecular weight is 918 g/mol. The fourth-order valence-corrected chi connectivity index (χ4v) is 10.4. The van der Waals surface area contributed by atoms with E-state index in [9.17, 15) is 28.6 Å². The van der Waals surface area contributed by atoms with Crippen LogP contribution in [0.15, 0.2) is 0 Å². The molecule has 0 aromatic rings. The third-order valence-corrected chi connectivity index (χ3v) is 14.4. The Kier molecular flexibility index (Phi) is 33.9. The summed E-state index contributed by atoms with van der Waals surface area (Å²) in [6, 6.07) is 0.201. The molecule has 15 heteroatoms. The molecule has 0 spiro atoms. The summed E-state index contributed by atoms with van der Waals surface area (Å²) in [7, 11) is -4.56. The molecule has 0 bridgehead atoms. The number of thioether (sulfide) groups is 1. The zero-order valence-corrected chi connectivity index (χ0v) is 40.7. The van der Waals surface area contributed by atoms with Gasteiger partial charge in [-0.2, -0.15) is 11.8 Å². The van der Waals surface area contributed by atoms with Gasteiger partial charge in [-0.25, -0.2) is 9.36 Å². The van der Waals surface area contributed by atoms with Crippen LogP contribution in [0.5, 0.6) is 0 Å². The van der Waals surface area contributed by atoms with Crippen LogP contribution in [0.2, 0.25) is 0 Å². The van der Waals surface area contributed by atoms with Gasteiger partial charge in [-0.15, -0.1) is 0 Å². The first-order chi connectivity index (χ1) is 30.1. The third kappa shape index (κ3) is 30.3. The van der Waals surface area contributed by atoms with E-state index in [0.717, 1.165) is 57.1 Å². The number of amides is 3. The molecule has 0 radical (unpaired) electrons. The number of unbranched alkanes of at least 4 members (excludes halogenated alkanes) is 25. The molecule has 0 saturated carbocycles. The van der Waals surface area contributed by atoms with Gasteiger partial charge >= 0.3 is 25.8 Å². The molecule has 2 rings (SSSR count). The normalized spacial score (nSPS) is 18.4. The summed E-state index contributed by atoms with van der Waals surface area (Å²) >= 11 is 1.84. The number of esters is 2. The number of phosphoric acid groups is 1. The quantitative estimate of drug-likeness (QED) is 0.0198.